The van der Waals surface area contributed by atoms with Crippen molar-refractivity contribution in [2.45, 2.75) is 25.0 Å². The van der Waals surface area contributed by atoms with Crippen molar-refractivity contribution in [2.24, 2.45) is 0 Å². The smallest absolute Gasteiger partial charge is 0.463 e. The van der Waals surface area contributed by atoms with Crippen LogP contribution >= 0.6 is 0 Å². The largest absolute Gasteiger partial charge is 0.534 e. The van der Waals surface area contributed by atoms with E-state index in [9.17, 15) is 39.6 Å². The van der Waals surface area contributed by atoms with Gasteiger partial charge in [-0.05, 0) is 12.5 Å². The molecule has 5 nitrogen and oxygen atoms in total. The van der Waals surface area contributed by atoms with Crippen molar-refractivity contribution in [1.29, 1.82) is 0 Å². The van der Waals surface area contributed by atoms with E-state index in [1.54, 1.807) is 0 Å². The average molecular weight is 406 g/mol. The van der Waals surface area contributed by atoms with E-state index < -0.39 is 52.1 Å². The van der Waals surface area contributed by atoms with E-state index >= 15 is 0 Å². The number of rotatable bonds is 6. The third-order valence-corrected chi connectivity index (χ3v) is 3.71. The molecule has 1 aromatic carbocycles. The normalized spacial score (nSPS) is 13.8. The average Bonchev–Trinajstić information content (AvgIpc) is 2.49. The second kappa shape index (κ2) is 7.98. The minimum atomic E-state index is -6.65. The molecule has 26 heavy (non-hydrogen) atoms. The maximum Gasteiger partial charge on any atom is 0.534 e. The van der Waals surface area contributed by atoms with Gasteiger partial charge in [-0.25, -0.2) is 4.79 Å². The Labute approximate surface area is 144 Å². The van der Waals surface area contributed by atoms with Crippen molar-refractivity contribution < 1.29 is 48.5 Å². The number of esters is 1. The lowest BCUT2D eigenvalue weighted by Crippen LogP contribution is -2.31. The zero-order valence-corrected chi connectivity index (χ0v) is 13.8. The Morgan fingerprint density at radius 1 is 1.04 bits per heavy atom. The standard InChI is InChI=1S/C14H12F6O5S/c1-2-24-12(21)10(8-9-6-4-3-5-7-9)11(13(15,16)17)25-26(22,23)14(18,19)20/h3-7H,2,8H2,1H3/b11-10+. The molecule has 0 unspecified atom stereocenters. The van der Waals surface area contributed by atoms with Crippen LogP contribution in [0.4, 0.5) is 26.3 Å². The first-order valence-electron chi connectivity index (χ1n) is 6.81. The van der Waals surface area contributed by atoms with Crippen LogP contribution in [0, 0.1) is 0 Å². The molecule has 0 amide bonds. The number of carbonyl (C=O) groups excluding carboxylic acids is 1. The van der Waals surface area contributed by atoms with Crippen LogP contribution in [0.3, 0.4) is 0 Å². The Balaban J connectivity index is 3.55. The predicted molar refractivity (Wildman–Crippen MR) is 75.9 cm³/mol. The van der Waals surface area contributed by atoms with E-state index in [1.807, 2.05) is 0 Å². The molecule has 12 heteroatoms. The van der Waals surface area contributed by atoms with Crippen LogP contribution in [0.5, 0.6) is 0 Å². The molecule has 146 valence electrons. The van der Waals surface area contributed by atoms with E-state index in [-0.39, 0.29) is 5.56 Å². The van der Waals surface area contributed by atoms with Crippen molar-refractivity contribution in [3.05, 3.63) is 47.2 Å². The van der Waals surface area contributed by atoms with Crippen molar-refractivity contribution in [3.8, 4) is 0 Å². The summed E-state index contributed by atoms with van der Waals surface area (Å²) in [6.45, 7) is 0.854. The highest BCUT2D eigenvalue weighted by Gasteiger charge is 2.53. The Morgan fingerprint density at radius 2 is 1.58 bits per heavy atom. The fraction of sp³-hybridized carbons (Fsp3) is 0.357. The second-order valence-corrected chi connectivity index (χ2v) is 6.21. The van der Waals surface area contributed by atoms with Crippen LogP contribution < -0.4 is 0 Å². The summed E-state index contributed by atoms with van der Waals surface area (Å²) < 4.78 is 106. The molecule has 0 saturated carbocycles. The van der Waals surface area contributed by atoms with Gasteiger partial charge < -0.3 is 8.92 Å². The van der Waals surface area contributed by atoms with Gasteiger partial charge in [0.05, 0.1) is 12.2 Å². The molecular weight excluding hydrogens is 394 g/mol. The van der Waals surface area contributed by atoms with E-state index in [4.69, 9.17) is 0 Å². The van der Waals surface area contributed by atoms with Gasteiger partial charge in [-0.1, -0.05) is 30.3 Å². The van der Waals surface area contributed by atoms with Crippen LogP contribution in [-0.4, -0.2) is 32.7 Å². The Morgan fingerprint density at radius 3 is 2.00 bits per heavy atom. The number of ether oxygens (including phenoxy) is 1. The molecular formula is C14H12F6O5S. The maximum absolute atomic E-state index is 13.2. The first kappa shape index (κ1) is 21.8. The summed E-state index contributed by atoms with van der Waals surface area (Å²) in [6, 6.07) is 6.88. The van der Waals surface area contributed by atoms with Gasteiger partial charge in [0.15, 0.2) is 0 Å². The van der Waals surface area contributed by atoms with Gasteiger partial charge in [-0.3, -0.25) is 0 Å². The summed E-state index contributed by atoms with van der Waals surface area (Å²) in [7, 11) is -6.65. The molecule has 1 rings (SSSR count). The van der Waals surface area contributed by atoms with Gasteiger partial charge in [0.25, 0.3) is 0 Å². The van der Waals surface area contributed by atoms with Crippen LogP contribution in [0.1, 0.15) is 12.5 Å². The Bertz CT molecular complexity index is 765. The number of halogens is 6. The minimum Gasteiger partial charge on any atom is -0.463 e. The molecule has 0 aromatic heterocycles. The molecule has 0 aliphatic heterocycles. The lowest BCUT2D eigenvalue weighted by atomic mass is 10.0. The number of allylic oxidation sites excluding steroid dienone is 1. The zero-order valence-electron chi connectivity index (χ0n) is 13.0. The molecule has 0 fully saturated rings. The summed E-state index contributed by atoms with van der Waals surface area (Å²) in [5.41, 5.74) is -7.43. The number of alkyl halides is 6. The Kier molecular flexibility index (Phi) is 6.69. The Hall–Kier alpha value is -2.24. The van der Waals surface area contributed by atoms with Gasteiger partial charge in [0, 0.05) is 6.42 Å². The van der Waals surface area contributed by atoms with Crippen molar-refractivity contribution in [2.75, 3.05) is 6.61 Å². The summed E-state index contributed by atoms with van der Waals surface area (Å²) in [5, 5.41) is 0. The highest BCUT2D eigenvalue weighted by Crippen LogP contribution is 2.36. The van der Waals surface area contributed by atoms with E-state index in [1.165, 1.54) is 37.3 Å². The van der Waals surface area contributed by atoms with Gasteiger partial charge in [0.2, 0.25) is 5.76 Å². The summed E-state index contributed by atoms with van der Waals surface area (Å²) >= 11 is 0. The van der Waals surface area contributed by atoms with Crippen LogP contribution in [0.15, 0.2) is 41.7 Å². The molecule has 0 aliphatic rings. The molecule has 0 atom stereocenters. The molecule has 0 heterocycles. The third-order valence-electron chi connectivity index (χ3n) is 2.75. The topological polar surface area (TPSA) is 69.7 Å². The highest BCUT2D eigenvalue weighted by molar-refractivity contribution is 7.87. The van der Waals surface area contributed by atoms with Crippen LogP contribution in [-0.2, 0) is 30.3 Å². The molecule has 0 radical (unpaired) electrons. The number of hydrogen-bond donors (Lipinski definition) is 0. The predicted octanol–water partition coefficient (Wildman–Crippen LogP) is 3.47. The molecule has 1 aromatic rings. The number of carbonyl (C=O) groups is 1. The maximum atomic E-state index is 13.2. The van der Waals surface area contributed by atoms with Gasteiger partial charge in [-0.15, -0.1) is 0 Å². The van der Waals surface area contributed by atoms with Crippen LogP contribution in [0.25, 0.3) is 0 Å². The van der Waals surface area contributed by atoms with E-state index in [0.717, 1.165) is 0 Å². The number of benzene rings is 1. The molecule has 0 saturated heterocycles. The van der Waals surface area contributed by atoms with Crippen molar-refractivity contribution in [1.82, 2.24) is 0 Å². The lowest BCUT2D eigenvalue weighted by Gasteiger charge is -2.18. The summed E-state index contributed by atoms with van der Waals surface area (Å²) in [6.07, 6.45) is -6.56. The molecule has 0 spiro atoms. The molecule has 0 aliphatic carbocycles. The number of hydrogen-bond acceptors (Lipinski definition) is 5. The quantitative estimate of drug-likeness (QED) is 0.181. The second-order valence-electron chi connectivity index (χ2n) is 4.67. The third kappa shape index (κ3) is 5.64. The fourth-order valence-electron chi connectivity index (χ4n) is 1.69. The van der Waals surface area contributed by atoms with Gasteiger partial charge >= 0.3 is 27.8 Å². The van der Waals surface area contributed by atoms with Gasteiger partial charge in [-0.2, -0.15) is 34.8 Å². The first-order valence-corrected chi connectivity index (χ1v) is 8.22. The monoisotopic (exact) mass is 406 g/mol. The fourth-order valence-corrected chi connectivity index (χ4v) is 2.20. The van der Waals surface area contributed by atoms with Crippen LogP contribution in [0.2, 0.25) is 0 Å². The van der Waals surface area contributed by atoms with Gasteiger partial charge in [0.1, 0.15) is 0 Å². The lowest BCUT2D eigenvalue weighted by molar-refractivity contribution is -0.142. The summed E-state index contributed by atoms with van der Waals surface area (Å²) in [4.78, 5) is 11.8. The van der Waals surface area contributed by atoms with E-state index in [2.05, 4.69) is 8.92 Å². The summed E-state index contributed by atoms with van der Waals surface area (Å²) in [5.74, 6) is -4.25. The van der Waals surface area contributed by atoms with Crippen molar-refractivity contribution in [3.63, 3.8) is 0 Å². The highest BCUT2D eigenvalue weighted by atomic mass is 32.2. The molecule has 0 N–H and O–H groups in total. The SMILES string of the molecule is CCOC(=O)/C(Cc1ccccc1)=C(/OS(=O)(=O)C(F)(F)F)C(F)(F)F. The van der Waals surface area contributed by atoms with E-state index in [0.29, 0.717) is 0 Å². The van der Waals surface area contributed by atoms with Crippen molar-refractivity contribution >= 4 is 16.1 Å². The minimum absolute atomic E-state index is 0.0882. The first-order chi connectivity index (χ1) is 11.8. The zero-order chi connectivity index (χ0) is 20.2. The molecule has 0 bridgehead atoms.